The third-order valence-electron chi connectivity index (χ3n) is 3.71. The Hall–Kier alpha value is -0.0300. The predicted octanol–water partition coefficient (Wildman–Crippen LogP) is 2.43. The maximum atomic E-state index is 11.8. The molecule has 0 saturated heterocycles. The molecule has 0 aromatic heterocycles. The van der Waals surface area contributed by atoms with Crippen LogP contribution in [0.4, 0.5) is 0 Å². The van der Waals surface area contributed by atoms with Gasteiger partial charge in [-0.15, -0.1) is 0 Å². The summed E-state index contributed by atoms with van der Waals surface area (Å²) in [5.41, 5.74) is 0. The average Bonchev–Trinajstić information content (AvgIpc) is 2.49. The quantitative estimate of drug-likeness (QED) is 0.312. The molecule has 0 spiro atoms. The minimum atomic E-state index is -3.44. The van der Waals surface area contributed by atoms with Gasteiger partial charge in [0.15, 0.2) is 0 Å². The molecule has 0 bridgehead atoms. The van der Waals surface area contributed by atoms with E-state index in [1.54, 1.807) is 24.3 Å². The minimum absolute atomic E-state index is 0. The van der Waals surface area contributed by atoms with Crippen LogP contribution in [0.5, 0.6) is 5.75 Å². The summed E-state index contributed by atoms with van der Waals surface area (Å²) in [4.78, 5) is 0. The van der Waals surface area contributed by atoms with Crippen molar-refractivity contribution in [1.82, 2.24) is 0 Å². The monoisotopic (exact) mass is 350 g/mol. The number of rotatable bonds is 13. The molecule has 1 rings (SSSR count). The van der Waals surface area contributed by atoms with Gasteiger partial charge >= 0.3 is 39.7 Å². The number of para-hydroxylation sites is 1. The number of unbranched alkanes of at least 4 members (excludes halogenated alkanes) is 9. The molecule has 0 aliphatic heterocycles. The Morgan fingerprint density at radius 3 is 1.83 bits per heavy atom. The second-order valence-corrected chi connectivity index (χ2v) is 7.53. The van der Waals surface area contributed by atoms with Crippen LogP contribution in [0.15, 0.2) is 30.3 Å². The third-order valence-corrected chi connectivity index (χ3v) is 4.95. The van der Waals surface area contributed by atoms with Gasteiger partial charge in [0.25, 0.3) is 0 Å². The maximum Gasteiger partial charge on any atom is 1.00 e. The van der Waals surface area contributed by atoms with Crippen molar-refractivity contribution in [1.29, 1.82) is 0 Å². The van der Waals surface area contributed by atoms with E-state index in [1.165, 1.54) is 44.9 Å². The van der Waals surface area contributed by atoms with E-state index >= 15 is 0 Å². The van der Waals surface area contributed by atoms with Gasteiger partial charge in [-0.3, -0.25) is 0 Å². The van der Waals surface area contributed by atoms with E-state index in [0.717, 1.165) is 12.8 Å². The van der Waals surface area contributed by atoms with Crippen molar-refractivity contribution in [2.24, 2.45) is 0 Å². The summed E-state index contributed by atoms with van der Waals surface area (Å²) in [6, 6.07) is 8.70. The fourth-order valence-electron chi connectivity index (χ4n) is 2.43. The Morgan fingerprint density at radius 1 is 0.826 bits per heavy atom. The molecule has 0 atom stereocenters. The van der Waals surface area contributed by atoms with Crippen molar-refractivity contribution in [3.63, 3.8) is 0 Å². The first kappa shape index (κ1) is 23.0. The molecule has 1 aromatic rings. The topological polar surface area (TPSA) is 43.4 Å². The summed E-state index contributed by atoms with van der Waals surface area (Å²) in [6.45, 7) is 2.23. The third kappa shape index (κ3) is 13.0. The van der Waals surface area contributed by atoms with Crippen LogP contribution in [0.2, 0.25) is 0 Å². The van der Waals surface area contributed by atoms with Crippen LogP contribution in [0.3, 0.4) is 0 Å². The molecule has 0 aliphatic carbocycles. The van der Waals surface area contributed by atoms with Gasteiger partial charge in [-0.1, -0.05) is 82.9 Å². The summed E-state index contributed by atoms with van der Waals surface area (Å²) in [5, 5.41) is 0. The van der Waals surface area contributed by atoms with E-state index in [1.807, 2.05) is 6.07 Å². The zero-order valence-corrected chi connectivity index (χ0v) is 17.6. The van der Waals surface area contributed by atoms with E-state index in [-0.39, 0.29) is 36.7 Å². The summed E-state index contributed by atoms with van der Waals surface area (Å²) in [5.74, 6) is 0.507. The molecule has 0 N–H and O–H groups in total. The van der Waals surface area contributed by atoms with Crippen molar-refractivity contribution >= 4 is 10.1 Å². The van der Waals surface area contributed by atoms with Gasteiger partial charge in [0.2, 0.25) is 0 Å². The van der Waals surface area contributed by atoms with Gasteiger partial charge < -0.3 is 5.61 Å². The van der Waals surface area contributed by atoms with Gasteiger partial charge in [0, 0.05) is 0 Å². The van der Waals surface area contributed by atoms with Gasteiger partial charge in [-0.2, -0.15) is 8.42 Å². The van der Waals surface area contributed by atoms with Crippen LogP contribution in [0, 0.1) is 0 Å². The van der Waals surface area contributed by atoms with Gasteiger partial charge in [-0.25, -0.2) is 0 Å². The second-order valence-electron chi connectivity index (χ2n) is 5.84. The summed E-state index contributed by atoms with van der Waals surface area (Å²) < 4.78 is 28.7. The number of benzene rings is 1. The van der Waals surface area contributed by atoms with E-state index < -0.39 is 10.1 Å². The zero-order chi connectivity index (χ0) is 16.1. The molecule has 3 nitrogen and oxygen atoms in total. The van der Waals surface area contributed by atoms with Gasteiger partial charge in [0.1, 0.15) is 5.75 Å². The average molecular weight is 350 g/mol. The normalized spacial score (nSPS) is 11.0. The largest absolute Gasteiger partial charge is 1.00 e. The Morgan fingerprint density at radius 2 is 1.30 bits per heavy atom. The molecule has 0 aliphatic rings. The first-order valence-electron chi connectivity index (χ1n) is 8.61. The Bertz CT molecular complexity index is 480. The van der Waals surface area contributed by atoms with Crippen molar-refractivity contribution in [3.8, 4) is 5.75 Å². The fourth-order valence-corrected chi connectivity index (χ4v) is 3.48. The fraction of sp³-hybridized carbons (Fsp3) is 0.667. The number of hydrogen-bond acceptors (Lipinski definition) is 3. The van der Waals surface area contributed by atoms with Gasteiger partial charge in [-0.05, 0) is 18.6 Å². The molecule has 128 valence electrons. The summed E-state index contributed by atoms with van der Waals surface area (Å²) >= 11 is 0. The molecule has 0 heterocycles. The maximum absolute atomic E-state index is 11.8. The molecule has 5 heteroatoms. The molecule has 0 saturated carbocycles. The number of hydrogen-bond donors (Lipinski definition) is 0. The van der Waals surface area contributed by atoms with Crippen LogP contribution in [-0.2, 0) is 10.1 Å². The zero-order valence-electron chi connectivity index (χ0n) is 15.8. The van der Waals surface area contributed by atoms with Crippen molar-refractivity contribution in [2.75, 3.05) is 5.75 Å². The van der Waals surface area contributed by atoms with Crippen molar-refractivity contribution in [3.05, 3.63) is 30.3 Å². The molecule has 23 heavy (non-hydrogen) atoms. The summed E-state index contributed by atoms with van der Waals surface area (Å²) in [7, 11) is -3.44. The van der Waals surface area contributed by atoms with E-state index in [9.17, 15) is 8.42 Å². The van der Waals surface area contributed by atoms with Gasteiger partial charge in [0.05, 0.1) is 5.75 Å². The molecule has 1 aromatic carbocycles. The molecule has 0 radical (unpaired) electrons. The first-order chi connectivity index (χ1) is 10.6. The Kier molecular flexibility index (Phi) is 14.3. The van der Waals surface area contributed by atoms with Crippen molar-refractivity contribution in [2.45, 2.75) is 71.1 Å². The van der Waals surface area contributed by atoms with E-state index in [0.29, 0.717) is 12.2 Å². The Labute approximate surface area is 166 Å². The van der Waals surface area contributed by atoms with Crippen LogP contribution in [0.1, 0.15) is 72.6 Å². The van der Waals surface area contributed by atoms with Crippen LogP contribution in [0.25, 0.3) is 0 Å². The first-order valence-corrected chi connectivity index (χ1v) is 10.2. The van der Waals surface area contributed by atoms with Crippen LogP contribution < -0.4 is 33.7 Å². The van der Waals surface area contributed by atoms with Crippen molar-refractivity contribution < 1.29 is 43.6 Å². The smallest absolute Gasteiger partial charge is 1.00 e. The van der Waals surface area contributed by atoms with E-state index in [2.05, 4.69) is 6.92 Å². The molecule has 0 unspecified atom stereocenters. The SMILES string of the molecule is CCCCCCCCCCCCS(=O)(=O)Oc1ccccc1.[H-].[Na+]. The Balaban J connectivity index is 0. The second kappa shape index (κ2) is 14.3. The summed E-state index contributed by atoms with van der Waals surface area (Å²) in [6.07, 6.45) is 11.9. The molecular formula is C18H31NaO3S. The standard InChI is InChI=1S/C18H30O3S.Na.H/c1-2-3-4-5-6-7-8-9-10-14-17-22(19,20)21-18-15-12-11-13-16-18;;/h11-13,15-16H,2-10,14,17H2,1H3;;/q;+1;-1. The minimum Gasteiger partial charge on any atom is -1.00 e. The van der Waals surface area contributed by atoms with Crippen LogP contribution in [-0.4, -0.2) is 14.2 Å². The molecular weight excluding hydrogens is 319 g/mol. The molecule has 0 amide bonds. The predicted molar refractivity (Wildman–Crippen MR) is 93.8 cm³/mol. The van der Waals surface area contributed by atoms with E-state index in [4.69, 9.17) is 4.18 Å². The van der Waals surface area contributed by atoms with Crippen LogP contribution >= 0.6 is 0 Å². The molecule has 0 fully saturated rings.